The summed E-state index contributed by atoms with van der Waals surface area (Å²) >= 11 is 0. The Morgan fingerprint density at radius 2 is 2.18 bits per heavy atom. The first-order chi connectivity index (χ1) is 8.08. The van der Waals surface area contributed by atoms with E-state index in [-0.39, 0.29) is 13.2 Å². The second-order valence-corrected chi connectivity index (χ2v) is 3.55. The molecular weight excluding hydrogens is 220 g/mol. The quantitative estimate of drug-likeness (QED) is 0.586. The third kappa shape index (κ3) is 2.21. The Labute approximate surface area is 99.6 Å². The molecule has 0 aliphatic heterocycles. The van der Waals surface area contributed by atoms with Crippen LogP contribution in [0, 0.1) is 25.2 Å². The van der Waals surface area contributed by atoms with Crippen molar-refractivity contribution in [2.45, 2.75) is 27.3 Å². The van der Waals surface area contributed by atoms with E-state index in [1.54, 1.807) is 20.8 Å². The minimum absolute atomic E-state index is 0.0418. The number of hydrogen-bond acceptors (Lipinski definition) is 4. The summed E-state index contributed by atoms with van der Waals surface area (Å²) in [6.45, 7) is 5.41. The van der Waals surface area contributed by atoms with Crippen LogP contribution in [0.2, 0.25) is 0 Å². The number of ether oxygens (including phenoxy) is 1. The van der Waals surface area contributed by atoms with Crippen LogP contribution in [0.3, 0.4) is 0 Å². The lowest BCUT2D eigenvalue weighted by molar-refractivity contribution is 0.0524. The molecule has 0 aliphatic carbocycles. The van der Waals surface area contributed by atoms with Crippen LogP contribution < -0.4 is 0 Å². The van der Waals surface area contributed by atoms with Gasteiger partial charge in [0.2, 0.25) is 0 Å². The topological polar surface area (TPSA) is 72.1 Å². The first-order valence-corrected chi connectivity index (χ1v) is 5.27. The van der Waals surface area contributed by atoms with E-state index >= 15 is 0 Å². The maximum absolute atomic E-state index is 11.7. The molecular formula is C12H14N2O3. The Morgan fingerprint density at radius 3 is 2.65 bits per heavy atom. The maximum atomic E-state index is 11.7. The molecule has 0 saturated heterocycles. The van der Waals surface area contributed by atoms with Crippen molar-refractivity contribution in [2.75, 3.05) is 6.61 Å². The summed E-state index contributed by atoms with van der Waals surface area (Å²) in [6, 6.07) is 1.96. The van der Waals surface area contributed by atoms with Crippen molar-refractivity contribution < 1.29 is 14.3 Å². The van der Waals surface area contributed by atoms with Gasteiger partial charge >= 0.3 is 5.97 Å². The fourth-order valence-corrected chi connectivity index (χ4v) is 1.85. The fourth-order valence-electron chi connectivity index (χ4n) is 1.85. The van der Waals surface area contributed by atoms with Crippen LogP contribution in [0.1, 0.15) is 39.0 Å². The van der Waals surface area contributed by atoms with E-state index in [4.69, 9.17) is 10.00 Å². The summed E-state index contributed by atoms with van der Waals surface area (Å²) in [5.74, 6) is -0.456. The molecule has 0 unspecified atom stereocenters. The zero-order chi connectivity index (χ0) is 13.0. The van der Waals surface area contributed by atoms with E-state index in [0.29, 0.717) is 28.8 Å². The third-order valence-corrected chi connectivity index (χ3v) is 2.64. The lowest BCUT2D eigenvalue weighted by Gasteiger charge is -2.03. The van der Waals surface area contributed by atoms with Crippen molar-refractivity contribution in [3.05, 3.63) is 22.5 Å². The number of nitrogens with zero attached hydrogens (tertiary/aromatic N) is 2. The molecule has 1 aromatic rings. The van der Waals surface area contributed by atoms with Gasteiger partial charge in [0.15, 0.2) is 6.29 Å². The summed E-state index contributed by atoms with van der Waals surface area (Å²) < 4.78 is 6.45. The van der Waals surface area contributed by atoms with Crippen LogP contribution in [0.4, 0.5) is 0 Å². The van der Waals surface area contributed by atoms with Gasteiger partial charge in [-0.3, -0.25) is 4.79 Å². The number of carbonyl (C=O) groups is 2. The van der Waals surface area contributed by atoms with Crippen LogP contribution in [0.25, 0.3) is 0 Å². The number of nitriles is 1. The zero-order valence-electron chi connectivity index (χ0n) is 10.1. The van der Waals surface area contributed by atoms with Gasteiger partial charge in [-0.15, -0.1) is 0 Å². The molecule has 90 valence electrons. The molecule has 0 fully saturated rings. The maximum Gasteiger partial charge on any atom is 0.340 e. The largest absolute Gasteiger partial charge is 0.462 e. The van der Waals surface area contributed by atoms with Gasteiger partial charge in [0.1, 0.15) is 6.54 Å². The number of rotatable bonds is 4. The van der Waals surface area contributed by atoms with E-state index in [1.165, 1.54) is 4.57 Å². The average molecular weight is 234 g/mol. The molecule has 0 amide bonds. The molecule has 0 atom stereocenters. The van der Waals surface area contributed by atoms with Gasteiger partial charge in [-0.2, -0.15) is 5.26 Å². The van der Waals surface area contributed by atoms with Gasteiger partial charge in [-0.05, 0) is 26.3 Å². The minimum atomic E-state index is -0.456. The number of carbonyl (C=O) groups excluding carboxylic acids is 2. The van der Waals surface area contributed by atoms with Gasteiger partial charge in [-0.25, -0.2) is 4.79 Å². The first-order valence-electron chi connectivity index (χ1n) is 5.27. The van der Waals surface area contributed by atoms with Gasteiger partial charge < -0.3 is 9.30 Å². The van der Waals surface area contributed by atoms with Crippen LogP contribution in [0.15, 0.2) is 0 Å². The van der Waals surface area contributed by atoms with Gasteiger partial charge in [-0.1, -0.05) is 0 Å². The Hall–Kier alpha value is -2.09. The molecule has 17 heavy (non-hydrogen) atoms. The Balaban J connectivity index is 3.38. The summed E-state index contributed by atoms with van der Waals surface area (Å²) in [4.78, 5) is 22.7. The third-order valence-electron chi connectivity index (χ3n) is 2.64. The van der Waals surface area contributed by atoms with Crippen LogP contribution in [-0.4, -0.2) is 23.4 Å². The Morgan fingerprint density at radius 1 is 1.53 bits per heavy atom. The normalized spacial score (nSPS) is 9.76. The van der Waals surface area contributed by atoms with E-state index in [2.05, 4.69) is 0 Å². The zero-order valence-corrected chi connectivity index (χ0v) is 10.1. The highest BCUT2D eigenvalue weighted by molar-refractivity contribution is 5.95. The first kappa shape index (κ1) is 13.0. The van der Waals surface area contributed by atoms with Crippen molar-refractivity contribution in [1.29, 1.82) is 5.26 Å². The molecule has 0 radical (unpaired) electrons. The molecule has 1 heterocycles. The summed E-state index contributed by atoms with van der Waals surface area (Å²) in [6.07, 6.45) is 0.655. The second kappa shape index (κ2) is 5.30. The SMILES string of the molecule is CCOC(=O)c1c(C)c(C=O)n(CC#N)c1C. The highest BCUT2D eigenvalue weighted by atomic mass is 16.5. The standard InChI is InChI=1S/C12H14N2O3/c1-4-17-12(16)11-8(2)10(7-15)14(6-5-13)9(11)3/h7H,4,6H2,1-3H3. The van der Waals surface area contributed by atoms with Crippen molar-refractivity contribution in [3.63, 3.8) is 0 Å². The number of aromatic nitrogens is 1. The van der Waals surface area contributed by atoms with E-state index in [9.17, 15) is 9.59 Å². The highest BCUT2D eigenvalue weighted by Gasteiger charge is 2.22. The summed E-state index contributed by atoms with van der Waals surface area (Å²) in [5.41, 5.74) is 1.88. The van der Waals surface area contributed by atoms with Crippen molar-refractivity contribution in [2.24, 2.45) is 0 Å². The minimum Gasteiger partial charge on any atom is -0.462 e. The molecule has 0 bridgehead atoms. The Kier molecular flexibility index (Phi) is 4.05. The number of aldehydes is 1. The second-order valence-electron chi connectivity index (χ2n) is 3.55. The van der Waals surface area contributed by atoms with E-state index in [0.717, 1.165) is 0 Å². The lowest BCUT2D eigenvalue weighted by Crippen LogP contribution is -2.08. The molecule has 0 spiro atoms. The smallest absolute Gasteiger partial charge is 0.340 e. The predicted octanol–water partition coefficient (Wildman–Crippen LogP) is 1.62. The Bertz CT molecular complexity index is 495. The summed E-state index contributed by atoms with van der Waals surface area (Å²) in [7, 11) is 0. The molecule has 0 aliphatic rings. The highest BCUT2D eigenvalue weighted by Crippen LogP contribution is 2.21. The van der Waals surface area contributed by atoms with Crippen molar-refractivity contribution >= 4 is 12.3 Å². The molecule has 5 nitrogen and oxygen atoms in total. The fraction of sp³-hybridized carbons (Fsp3) is 0.417. The molecule has 0 aromatic carbocycles. The van der Waals surface area contributed by atoms with Crippen LogP contribution >= 0.6 is 0 Å². The van der Waals surface area contributed by atoms with Gasteiger partial charge in [0.05, 0.1) is 23.9 Å². The molecule has 5 heteroatoms. The van der Waals surface area contributed by atoms with E-state index in [1.807, 2.05) is 6.07 Å². The van der Waals surface area contributed by atoms with Gasteiger partial charge in [0.25, 0.3) is 0 Å². The van der Waals surface area contributed by atoms with Gasteiger partial charge in [0, 0.05) is 5.69 Å². The van der Waals surface area contributed by atoms with E-state index < -0.39 is 5.97 Å². The summed E-state index contributed by atoms with van der Waals surface area (Å²) in [5, 5.41) is 8.70. The van der Waals surface area contributed by atoms with Crippen LogP contribution in [0.5, 0.6) is 0 Å². The molecule has 0 N–H and O–H groups in total. The molecule has 0 saturated carbocycles. The predicted molar refractivity (Wildman–Crippen MR) is 60.9 cm³/mol. The number of hydrogen-bond donors (Lipinski definition) is 0. The number of esters is 1. The average Bonchev–Trinajstić information content (AvgIpc) is 2.51. The van der Waals surface area contributed by atoms with Crippen molar-refractivity contribution in [3.8, 4) is 6.07 Å². The monoisotopic (exact) mass is 234 g/mol. The molecule has 1 rings (SSSR count). The lowest BCUT2D eigenvalue weighted by atomic mass is 10.1. The molecule has 1 aromatic heterocycles. The van der Waals surface area contributed by atoms with Crippen molar-refractivity contribution in [1.82, 2.24) is 4.57 Å². The van der Waals surface area contributed by atoms with Crippen LogP contribution in [-0.2, 0) is 11.3 Å².